The standard InChI is InChI=1S/C9H12N2O3S/c1-14-8(13)7-5-15-9(10-7)11-3-2-6(12)4-11/h5-6,12H,2-4H2,1H3/t6-/m1/s1. The van der Waals surface area contributed by atoms with Crippen molar-refractivity contribution in [2.75, 3.05) is 25.1 Å². The summed E-state index contributed by atoms with van der Waals surface area (Å²) in [5.74, 6) is -0.419. The second-order valence-corrected chi connectivity index (χ2v) is 4.23. The first-order valence-electron chi connectivity index (χ1n) is 4.67. The zero-order valence-electron chi connectivity index (χ0n) is 8.34. The fourth-order valence-electron chi connectivity index (χ4n) is 1.52. The van der Waals surface area contributed by atoms with Gasteiger partial charge in [0.2, 0.25) is 0 Å². The van der Waals surface area contributed by atoms with Crippen molar-refractivity contribution in [3.05, 3.63) is 11.1 Å². The van der Waals surface area contributed by atoms with Crippen LogP contribution in [0.15, 0.2) is 5.38 Å². The van der Waals surface area contributed by atoms with Gasteiger partial charge in [0.25, 0.3) is 0 Å². The maximum atomic E-state index is 11.2. The zero-order chi connectivity index (χ0) is 10.8. The Labute approximate surface area is 91.3 Å². The van der Waals surface area contributed by atoms with Crippen LogP contribution in [0.1, 0.15) is 16.9 Å². The highest BCUT2D eigenvalue weighted by Crippen LogP contribution is 2.24. The Morgan fingerprint density at radius 3 is 3.20 bits per heavy atom. The van der Waals surface area contributed by atoms with E-state index in [1.165, 1.54) is 18.4 Å². The van der Waals surface area contributed by atoms with Crippen LogP contribution in [-0.4, -0.2) is 42.4 Å². The molecular weight excluding hydrogens is 216 g/mol. The number of hydrogen-bond acceptors (Lipinski definition) is 6. The maximum absolute atomic E-state index is 11.2. The van der Waals surface area contributed by atoms with Crippen molar-refractivity contribution in [1.29, 1.82) is 0 Å². The Hall–Kier alpha value is -1.14. The first-order valence-corrected chi connectivity index (χ1v) is 5.55. The highest BCUT2D eigenvalue weighted by atomic mass is 32.1. The summed E-state index contributed by atoms with van der Waals surface area (Å²) in [5.41, 5.74) is 0.332. The minimum atomic E-state index is -0.419. The predicted molar refractivity (Wildman–Crippen MR) is 56.3 cm³/mol. The lowest BCUT2D eigenvalue weighted by atomic mass is 10.3. The average Bonchev–Trinajstić information content (AvgIpc) is 2.84. The van der Waals surface area contributed by atoms with Gasteiger partial charge in [-0.2, -0.15) is 0 Å². The number of carbonyl (C=O) groups is 1. The number of aliphatic hydroxyl groups excluding tert-OH is 1. The van der Waals surface area contributed by atoms with Crippen molar-refractivity contribution in [2.24, 2.45) is 0 Å². The van der Waals surface area contributed by atoms with Crippen LogP contribution < -0.4 is 4.90 Å². The van der Waals surface area contributed by atoms with E-state index in [-0.39, 0.29) is 6.10 Å². The Morgan fingerprint density at radius 2 is 2.60 bits per heavy atom. The van der Waals surface area contributed by atoms with Crippen LogP contribution in [0.3, 0.4) is 0 Å². The molecule has 15 heavy (non-hydrogen) atoms. The van der Waals surface area contributed by atoms with Crippen molar-refractivity contribution < 1.29 is 14.6 Å². The molecule has 1 fully saturated rings. The number of carbonyl (C=O) groups excluding carboxylic acids is 1. The van der Waals surface area contributed by atoms with Crippen LogP contribution in [0.5, 0.6) is 0 Å². The lowest BCUT2D eigenvalue weighted by Crippen LogP contribution is -2.21. The van der Waals surface area contributed by atoms with Crippen molar-refractivity contribution >= 4 is 22.4 Å². The third kappa shape index (κ3) is 2.10. The number of aliphatic hydroxyl groups is 1. The highest BCUT2D eigenvalue weighted by Gasteiger charge is 2.23. The van der Waals surface area contributed by atoms with Gasteiger partial charge in [0.1, 0.15) is 0 Å². The summed E-state index contributed by atoms with van der Waals surface area (Å²) in [5, 5.41) is 11.8. The smallest absolute Gasteiger partial charge is 0.357 e. The molecule has 2 rings (SSSR count). The molecule has 0 amide bonds. The van der Waals surface area contributed by atoms with Crippen molar-refractivity contribution in [3.8, 4) is 0 Å². The number of methoxy groups -OCH3 is 1. The number of anilines is 1. The minimum Gasteiger partial charge on any atom is -0.464 e. The van der Waals surface area contributed by atoms with E-state index in [1.807, 2.05) is 4.90 Å². The summed E-state index contributed by atoms with van der Waals surface area (Å²) >= 11 is 1.40. The van der Waals surface area contributed by atoms with Crippen LogP contribution in [0.2, 0.25) is 0 Å². The number of β-amino-alcohol motifs (C(OH)–C–C–N with tert-alkyl or cyclic N) is 1. The molecule has 2 heterocycles. The van der Waals surface area contributed by atoms with Gasteiger partial charge in [-0.1, -0.05) is 0 Å². The molecule has 0 unspecified atom stereocenters. The Balaban J connectivity index is 2.10. The van der Waals surface area contributed by atoms with E-state index < -0.39 is 5.97 Å². The summed E-state index contributed by atoms with van der Waals surface area (Å²) < 4.78 is 4.57. The van der Waals surface area contributed by atoms with Gasteiger partial charge >= 0.3 is 5.97 Å². The van der Waals surface area contributed by atoms with Crippen molar-refractivity contribution in [1.82, 2.24) is 4.98 Å². The number of rotatable bonds is 2. The van der Waals surface area contributed by atoms with Gasteiger partial charge in [-0.05, 0) is 6.42 Å². The summed E-state index contributed by atoms with van der Waals surface area (Å²) in [4.78, 5) is 17.3. The summed E-state index contributed by atoms with van der Waals surface area (Å²) in [6.07, 6.45) is 0.475. The number of ether oxygens (including phenoxy) is 1. The Bertz CT molecular complexity index is 366. The van der Waals surface area contributed by atoms with Gasteiger partial charge in [-0.3, -0.25) is 0 Å². The zero-order valence-corrected chi connectivity index (χ0v) is 9.16. The quantitative estimate of drug-likeness (QED) is 0.747. The largest absolute Gasteiger partial charge is 0.464 e. The second-order valence-electron chi connectivity index (χ2n) is 3.40. The monoisotopic (exact) mass is 228 g/mol. The van der Waals surface area contributed by atoms with Gasteiger partial charge in [0.15, 0.2) is 10.8 Å². The maximum Gasteiger partial charge on any atom is 0.357 e. The molecule has 0 aromatic carbocycles. The molecule has 5 nitrogen and oxygen atoms in total. The van der Waals surface area contributed by atoms with Gasteiger partial charge in [-0.15, -0.1) is 11.3 Å². The molecule has 0 aliphatic carbocycles. The number of thiazole rings is 1. The molecular formula is C9H12N2O3S. The molecule has 1 aliphatic rings. The molecule has 1 aromatic rings. The summed E-state index contributed by atoms with van der Waals surface area (Å²) in [6.45, 7) is 1.38. The molecule has 82 valence electrons. The van der Waals surface area contributed by atoms with E-state index in [0.717, 1.165) is 18.1 Å². The molecule has 0 spiro atoms. The van der Waals surface area contributed by atoms with E-state index in [9.17, 15) is 9.90 Å². The van der Waals surface area contributed by atoms with Gasteiger partial charge in [-0.25, -0.2) is 9.78 Å². The Kier molecular flexibility index (Phi) is 2.88. The second kappa shape index (κ2) is 4.16. The van der Waals surface area contributed by atoms with Crippen molar-refractivity contribution in [3.63, 3.8) is 0 Å². The predicted octanol–water partition coefficient (Wildman–Crippen LogP) is 0.501. The molecule has 0 saturated carbocycles. The highest BCUT2D eigenvalue weighted by molar-refractivity contribution is 7.13. The average molecular weight is 228 g/mol. The first kappa shape index (κ1) is 10.4. The number of hydrogen-bond donors (Lipinski definition) is 1. The van der Waals surface area contributed by atoms with E-state index in [4.69, 9.17) is 0 Å². The van der Waals surface area contributed by atoms with E-state index >= 15 is 0 Å². The lowest BCUT2D eigenvalue weighted by molar-refractivity contribution is 0.0595. The number of nitrogens with zero attached hydrogens (tertiary/aromatic N) is 2. The molecule has 0 bridgehead atoms. The molecule has 1 N–H and O–H groups in total. The summed E-state index contributed by atoms with van der Waals surface area (Å²) in [6, 6.07) is 0. The Morgan fingerprint density at radius 1 is 1.80 bits per heavy atom. The third-order valence-electron chi connectivity index (χ3n) is 2.32. The van der Waals surface area contributed by atoms with Crippen LogP contribution in [0.25, 0.3) is 0 Å². The molecule has 1 saturated heterocycles. The van der Waals surface area contributed by atoms with Crippen LogP contribution in [-0.2, 0) is 4.74 Å². The fraction of sp³-hybridized carbons (Fsp3) is 0.556. The molecule has 1 atom stereocenters. The SMILES string of the molecule is COC(=O)c1csc(N2CC[C@@H](O)C2)n1. The lowest BCUT2D eigenvalue weighted by Gasteiger charge is -2.12. The molecule has 1 aliphatic heterocycles. The third-order valence-corrected chi connectivity index (χ3v) is 3.22. The van der Waals surface area contributed by atoms with Crippen LogP contribution >= 0.6 is 11.3 Å². The van der Waals surface area contributed by atoms with Gasteiger partial charge in [0, 0.05) is 18.5 Å². The normalized spacial score (nSPS) is 20.7. The molecule has 1 aromatic heterocycles. The van der Waals surface area contributed by atoms with Crippen LogP contribution in [0, 0.1) is 0 Å². The molecule has 0 radical (unpaired) electrons. The minimum absolute atomic E-state index is 0.282. The number of aromatic nitrogens is 1. The van der Waals surface area contributed by atoms with Gasteiger partial charge in [0.05, 0.1) is 13.2 Å². The summed E-state index contributed by atoms with van der Waals surface area (Å²) in [7, 11) is 1.33. The topological polar surface area (TPSA) is 62.7 Å². The number of esters is 1. The molecule has 6 heteroatoms. The van der Waals surface area contributed by atoms with E-state index in [0.29, 0.717) is 12.2 Å². The van der Waals surface area contributed by atoms with Crippen LogP contribution in [0.4, 0.5) is 5.13 Å². The van der Waals surface area contributed by atoms with E-state index in [1.54, 1.807) is 5.38 Å². The first-order chi connectivity index (χ1) is 7.20. The van der Waals surface area contributed by atoms with E-state index in [2.05, 4.69) is 9.72 Å². The van der Waals surface area contributed by atoms with Gasteiger partial charge < -0.3 is 14.7 Å². The fourth-order valence-corrected chi connectivity index (χ4v) is 2.36. The van der Waals surface area contributed by atoms with Crippen molar-refractivity contribution in [2.45, 2.75) is 12.5 Å².